The summed E-state index contributed by atoms with van der Waals surface area (Å²) in [5.41, 5.74) is 1.90. The van der Waals surface area contributed by atoms with Gasteiger partial charge >= 0.3 is 5.97 Å². The Bertz CT molecular complexity index is 801. The van der Waals surface area contributed by atoms with Crippen LogP contribution in [0.25, 0.3) is 10.9 Å². The van der Waals surface area contributed by atoms with Gasteiger partial charge in [0.1, 0.15) is 5.76 Å². The zero-order chi connectivity index (χ0) is 14.3. The molecule has 0 aliphatic carbocycles. The van der Waals surface area contributed by atoms with E-state index in [-0.39, 0.29) is 5.76 Å². The van der Waals surface area contributed by atoms with Gasteiger partial charge in [-0.05, 0) is 37.3 Å². The maximum atomic E-state index is 10.9. The molecule has 0 saturated heterocycles. The number of hydrogen-bond acceptors (Lipinski definition) is 2. The molecule has 4 nitrogen and oxygen atoms in total. The normalized spacial score (nSPS) is 11.1. The second-order valence-electron chi connectivity index (χ2n) is 4.64. The Morgan fingerprint density at radius 2 is 2.15 bits per heavy atom. The van der Waals surface area contributed by atoms with Gasteiger partial charge in [0, 0.05) is 27.7 Å². The molecule has 0 spiro atoms. The van der Waals surface area contributed by atoms with Crippen molar-refractivity contribution in [2.24, 2.45) is 0 Å². The number of aryl methyl sites for hydroxylation is 1. The van der Waals surface area contributed by atoms with Gasteiger partial charge in [-0.1, -0.05) is 11.6 Å². The van der Waals surface area contributed by atoms with E-state index in [0.29, 0.717) is 17.3 Å². The summed E-state index contributed by atoms with van der Waals surface area (Å²) in [7, 11) is 0. The fourth-order valence-corrected chi connectivity index (χ4v) is 2.46. The molecule has 3 aromatic rings. The highest BCUT2D eigenvalue weighted by Crippen LogP contribution is 2.23. The van der Waals surface area contributed by atoms with Crippen LogP contribution in [0.3, 0.4) is 0 Å². The lowest BCUT2D eigenvalue weighted by Gasteiger charge is -2.04. The number of rotatable bonds is 3. The Labute approximate surface area is 120 Å². The number of halogens is 1. The van der Waals surface area contributed by atoms with Crippen molar-refractivity contribution in [3.8, 4) is 0 Å². The van der Waals surface area contributed by atoms with Crippen LogP contribution in [-0.2, 0) is 6.54 Å². The molecule has 0 saturated carbocycles. The number of carboxylic acids is 1. The average Bonchev–Trinajstić information content (AvgIpc) is 2.95. The van der Waals surface area contributed by atoms with Gasteiger partial charge in [-0.2, -0.15) is 0 Å². The van der Waals surface area contributed by atoms with E-state index in [1.165, 1.54) is 0 Å². The second-order valence-corrected chi connectivity index (χ2v) is 5.08. The highest BCUT2D eigenvalue weighted by Gasteiger charge is 2.14. The fourth-order valence-electron chi connectivity index (χ4n) is 2.27. The summed E-state index contributed by atoms with van der Waals surface area (Å²) in [6, 6.07) is 9.24. The van der Waals surface area contributed by atoms with Gasteiger partial charge in [-0.25, -0.2) is 4.79 Å². The molecule has 0 bridgehead atoms. The van der Waals surface area contributed by atoms with Gasteiger partial charge < -0.3 is 14.1 Å². The largest absolute Gasteiger partial charge is 0.475 e. The number of hydrogen-bond donors (Lipinski definition) is 1. The number of furan rings is 1. The van der Waals surface area contributed by atoms with Gasteiger partial charge in [0.25, 0.3) is 0 Å². The number of aromatic carboxylic acids is 1. The van der Waals surface area contributed by atoms with E-state index < -0.39 is 5.97 Å². The number of carboxylic acid groups (broad SMARTS) is 1. The first-order valence-corrected chi connectivity index (χ1v) is 6.49. The van der Waals surface area contributed by atoms with Gasteiger partial charge in [-0.3, -0.25) is 0 Å². The first-order valence-electron chi connectivity index (χ1n) is 6.11. The van der Waals surface area contributed by atoms with Crippen molar-refractivity contribution in [3.63, 3.8) is 0 Å². The van der Waals surface area contributed by atoms with E-state index in [9.17, 15) is 4.79 Å². The molecule has 1 N–H and O–H groups in total. The molecule has 0 aliphatic rings. The smallest absolute Gasteiger partial charge is 0.371 e. The van der Waals surface area contributed by atoms with Crippen LogP contribution in [0.15, 0.2) is 40.9 Å². The lowest BCUT2D eigenvalue weighted by molar-refractivity contribution is 0.0661. The quantitative estimate of drug-likeness (QED) is 0.794. The summed E-state index contributed by atoms with van der Waals surface area (Å²) in [6.07, 6.45) is 1.95. The minimum absolute atomic E-state index is 0.0305. The predicted molar refractivity (Wildman–Crippen MR) is 76.5 cm³/mol. The third kappa shape index (κ3) is 2.18. The molecule has 0 atom stereocenters. The number of fused-ring (bicyclic) bond motifs is 1. The third-order valence-electron chi connectivity index (χ3n) is 3.31. The van der Waals surface area contributed by atoms with E-state index >= 15 is 0 Å². The highest BCUT2D eigenvalue weighted by atomic mass is 35.5. The summed E-state index contributed by atoms with van der Waals surface area (Å²) >= 11 is 5.96. The summed E-state index contributed by atoms with van der Waals surface area (Å²) in [4.78, 5) is 10.9. The Balaban J connectivity index is 1.99. The average molecular weight is 290 g/mol. The van der Waals surface area contributed by atoms with Crippen LogP contribution in [0.4, 0.5) is 0 Å². The molecule has 0 aliphatic heterocycles. The van der Waals surface area contributed by atoms with Crippen molar-refractivity contribution < 1.29 is 14.3 Å². The first-order chi connectivity index (χ1) is 9.54. The topological polar surface area (TPSA) is 55.4 Å². The molecule has 0 fully saturated rings. The Morgan fingerprint density at radius 1 is 1.35 bits per heavy atom. The van der Waals surface area contributed by atoms with Gasteiger partial charge in [-0.15, -0.1) is 0 Å². The fraction of sp³-hybridized carbons (Fsp3) is 0.133. The Morgan fingerprint density at radius 3 is 2.85 bits per heavy atom. The van der Waals surface area contributed by atoms with Crippen LogP contribution >= 0.6 is 11.6 Å². The van der Waals surface area contributed by atoms with Crippen molar-refractivity contribution in [1.82, 2.24) is 4.57 Å². The summed E-state index contributed by atoms with van der Waals surface area (Å²) in [6.45, 7) is 2.33. The summed E-state index contributed by atoms with van der Waals surface area (Å²) < 4.78 is 7.26. The monoisotopic (exact) mass is 289 g/mol. The molecular formula is C15H12ClNO3. The van der Waals surface area contributed by atoms with Crippen LogP contribution in [-0.4, -0.2) is 15.6 Å². The molecule has 2 aromatic heterocycles. The van der Waals surface area contributed by atoms with Crippen molar-refractivity contribution in [1.29, 1.82) is 0 Å². The lowest BCUT2D eigenvalue weighted by Crippen LogP contribution is -1.98. The molecule has 20 heavy (non-hydrogen) atoms. The predicted octanol–water partition coefficient (Wildman–Crippen LogP) is 3.94. The minimum Gasteiger partial charge on any atom is -0.475 e. The maximum Gasteiger partial charge on any atom is 0.371 e. The zero-order valence-electron chi connectivity index (χ0n) is 10.8. The van der Waals surface area contributed by atoms with Gasteiger partial charge in [0.2, 0.25) is 5.76 Å². The molecule has 102 valence electrons. The van der Waals surface area contributed by atoms with Crippen LogP contribution in [0.2, 0.25) is 5.02 Å². The first kappa shape index (κ1) is 12.8. The SMILES string of the molecule is Cc1oc(C(=O)O)cc1Cn1ccc2cc(Cl)ccc21. The van der Waals surface area contributed by atoms with Crippen LogP contribution < -0.4 is 0 Å². The molecule has 1 aromatic carbocycles. The molecule has 5 heteroatoms. The van der Waals surface area contributed by atoms with Crippen molar-refractivity contribution >= 4 is 28.5 Å². The second kappa shape index (κ2) is 4.72. The lowest BCUT2D eigenvalue weighted by atomic mass is 10.2. The standard InChI is InChI=1S/C15H12ClNO3/c1-9-11(7-14(20-9)15(18)19)8-17-5-4-10-6-12(16)2-3-13(10)17/h2-7H,8H2,1H3,(H,18,19). The summed E-state index contributed by atoms with van der Waals surface area (Å²) in [5, 5.41) is 10.7. The van der Waals surface area contributed by atoms with Crippen molar-refractivity contribution in [3.05, 3.63) is 58.6 Å². The highest BCUT2D eigenvalue weighted by molar-refractivity contribution is 6.31. The van der Waals surface area contributed by atoms with Crippen molar-refractivity contribution in [2.45, 2.75) is 13.5 Å². The van der Waals surface area contributed by atoms with E-state index in [0.717, 1.165) is 16.5 Å². The van der Waals surface area contributed by atoms with Crippen LogP contribution in [0.5, 0.6) is 0 Å². The molecule has 2 heterocycles. The number of aromatic nitrogens is 1. The van der Waals surface area contributed by atoms with Crippen LogP contribution in [0, 0.1) is 6.92 Å². The number of nitrogens with zero attached hydrogens (tertiary/aromatic N) is 1. The Kier molecular flexibility index (Phi) is 3.03. The van der Waals surface area contributed by atoms with Gasteiger partial charge in [0.05, 0.1) is 6.54 Å². The zero-order valence-corrected chi connectivity index (χ0v) is 11.5. The number of carbonyl (C=O) groups is 1. The Hall–Kier alpha value is -2.20. The van der Waals surface area contributed by atoms with E-state index in [2.05, 4.69) is 0 Å². The minimum atomic E-state index is -1.05. The summed E-state index contributed by atoms with van der Waals surface area (Å²) in [5.74, 6) is -0.460. The third-order valence-corrected chi connectivity index (χ3v) is 3.54. The molecule has 0 radical (unpaired) electrons. The molecular weight excluding hydrogens is 278 g/mol. The molecule has 3 rings (SSSR count). The molecule has 0 amide bonds. The maximum absolute atomic E-state index is 10.9. The van der Waals surface area contributed by atoms with E-state index in [1.807, 2.05) is 35.0 Å². The van der Waals surface area contributed by atoms with Gasteiger partial charge in [0.15, 0.2) is 0 Å². The van der Waals surface area contributed by atoms with E-state index in [1.54, 1.807) is 13.0 Å². The van der Waals surface area contributed by atoms with E-state index in [4.69, 9.17) is 21.1 Å². The number of benzene rings is 1. The van der Waals surface area contributed by atoms with Crippen molar-refractivity contribution in [2.75, 3.05) is 0 Å². The van der Waals surface area contributed by atoms with Crippen LogP contribution in [0.1, 0.15) is 21.9 Å². The molecule has 0 unspecified atom stereocenters.